The fourth-order valence-electron chi connectivity index (χ4n) is 2.55. The normalized spacial score (nSPS) is 19.0. The molecule has 1 aromatic heterocycles. The van der Waals surface area contributed by atoms with Gasteiger partial charge < -0.3 is 9.64 Å². The van der Waals surface area contributed by atoms with Crippen LogP contribution in [-0.2, 0) is 16.1 Å². The van der Waals surface area contributed by atoms with Gasteiger partial charge >= 0.3 is 0 Å². The highest BCUT2D eigenvalue weighted by Crippen LogP contribution is 2.18. The molecular formula is C15H23N3O2. The van der Waals surface area contributed by atoms with E-state index in [4.69, 9.17) is 4.74 Å². The van der Waals surface area contributed by atoms with E-state index in [1.54, 1.807) is 12.3 Å². The first-order valence-corrected chi connectivity index (χ1v) is 7.27. The molecule has 5 heteroatoms. The molecule has 0 spiro atoms. The van der Waals surface area contributed by atoms with E-state index >= 15 is 0 Å². The number of amides is 1. The molecule has 2 rings (SSSR count). The van der Waals surface area contributed by atoms with E-state index in [0.29, 0.717) is 6.61 Å². The van der Waals surface area contributed by atoms with Crippen molar-refractivity contribution >= 4 is 5.91 Å². The number of hydrogen-bond acceptors (Lipinski definition) is 3. The van der Waals surface area contributed by atoms with Gasteiger partial charge in [-0.25, -0.2) is 0 Å². The third kappa shape index (κ3) is 4.20. The average molecular weight is 277 g/mol. The van der Waals surface area contributed by atoms with Crippen LogP contribution in [0.4, 0.5) is 0 Å². The molecule has 1 aliphatic heterocycles. The van der Waals surface area contributed by atoms with Gasteiger partial charge in [0.15, 0.2) is 0 Å². The van der Waals surface area contributed by atoms with E-state index in [9.17, 15) is 4.79 Å². The van der Waals surface area contributed by atoms with Crippen molar-refractivity contribution in [2.24, 2.45) is 0 Å². The van der Waals surface area contributed by atoms with Gasteiger partial charge in [-0.3, -0.25) is 9.48 Å². The SMILES string of the molecule is C=CCCOCC(=O)N1CCCC[C@H]1Cn1cccn1. The Morgan fingerprint density at radius 2 is 2.40 bits per heavy atom. The number of nitrogens with zero attached hydrogens (tertiary/aromatic N) is 3. The number of carbonyl (C=O) groups excluding carboxylic acids is 1. The summed E-state index contributed by atoms with van der Waals surface area (Å²) in [5.41, 5.74) is 0. The van der Waals surface area contributed by atoms with Crippen LogP contribution in [0.2, 0.25) is 0 Å². The van der Waals surface area contributed by atoms with Gasteiger partial charge in [0.05, 0.1) is 19.2 Å². The van der Waals surface area contributed by atoms with Gasteiger partial charge in [-0.05, 0) is 31.7 Å². The molecule has 1 amide bonds. The number of likely N-dealkylation sites (tertiary alicyclic amines) is 1. The zero-order chi connectivity index (χ0) is 14.2. The summed E-state index contributed by atoms with van der Waals surface area (Å²) in [4.78, 5) is 14.2. The summed E-state index contributed by atoms with van der Waals surface area (Å²) in [6, 6.07) is 2.15. The van der Waals surface area contributed by atoms with Crippen molar-refractivity contribution in [1.82, 2.24) is 14.7 Å². The van der Waals surface area contributed by atoms with E-state index in [1.165, 1.54) is 6.42 Å². The van der Waals surface area contributed by atoms with Crippen LogP contribution >= 0.6 is 0 Å². The lowest BCUT2D eigenvalue weighted by Gasteiger charge is -2.35. The van der Waals surface area contributed by atoms with Gasteiger partial charge in [-0.1, -0.05) is 6.08 Å². The van der Waals surface area contributed by atoms with Crippen molar-refractivity contribution in [3.05, 3.63) is 31.1 Å². The van der Waals surface area contributed by atoms with Crippen molar-refractivity contribution in [2.75, 3.05) is 19.8 Å². The highest BCUT2D eigenvalue weighted by atomic mass is 16.5. The maximum absolute atomic E-state index is 12.2. The fraction of sp³-hybridized carbons (Fsp3) is 0.600. The summed E-state index contributed by atoms with van der Waals surface area (Å²) >= 11 is 0. The van der Waals surface area contributed by atoms with Crippen molar-refractivity contribution < 1.29 is 9.53 Å². The number of rotatable bonds is 7. The van der Waals surface area contributed by atoms with Crippen LogP contribution in [0, 0.1) is 0 Å². The molecule has 1 aliphatic rings. The first-order valence-electron chi connectivity index (χ1n) is 7.27. The Hall–Kier alpha value is -1.62. The Labute approximate surface area is 120 Å². The number of ether oxygens (including phenoxy) is 1. The van der Waals surface area contributed by atoms with Gasteiger partial charge in [-0.15, -0.1) is 6.58 Å². The second kappa shape index (κ2) is 7.85. The third-order valence-corrected chi connectivity index (χ3v) is 3.60. The summed E-state index contributed by atoms with van der Waals surface area (Å²) in [5, 5.41) is 4.23. The van der Waals surface area contributed by atoms with Crippen LogP contribution in [0.25, 0.3) is 0 Å². The number of aromatic nitrogens is 2. The van der Waals surface area contributed by atoms with Crippen LogP contribution in [-0.4, -0.2) is 46.4 Å². The van der Waals surface area contributed by atoms with Gasteiger partial charge in [0, 0.05) is 18.9 Å². The first kappa shape index (κ1) is 14.8. The lowest BCUT2D eigenvalue weighted by Crippen LogP contribution is -2.47. The zero-order valence-corrected chi connectivity index (χ0v) is 11.9. The molecule has 1 fully saturated rings. The van der Waals surface area contributed by atoms with Crippen LogP contribution in [0.5, 0.6) is 0 Å². The molecule has 0 aliphatic carbocycles. The van der Waals surface area contributed by atoms with E-state index in [1.807, 2.05) is 21.8 Å². The first-order chi connectivity index (χ1) is 9.81. The standard InChI is InChI=1S/C15H23N3O2/c1-2-3-11-20-13-15(19)18-10-5-4-7-14(18)12-17-9-6-8-16-17/h2,6,8-9,14H,1,3-5,7,10-13H2/t14-/m0/s1. The molecule has 1 atom stereocenters. The van der Waals surface area contributed by atoms with Crippen molar-refractivity contribution in [1.29, 1.82) is 0 Å². The molecule has 5 nitrogen and oxygen atoms in total. The van der Waals surface area contributed by atoms with Crippen LogP contribution < -0.4 is 0 Å². The minimum Gasteiger partial charge on any atom is -0.371 e. The molecular weight excluding hydrogens is 254 g/mol. The molecule has 0 aromatic carbocycles. The Kier molecular flexibility index (Phi) is 5.80. The van der Waals surface area contributed by atoms with Gasteiger partial charge in [0.1, 0.15) is 6.61 Å². The van der Waals surface area contributed by atoms with Crippen molar-refractivity contribution in [3.63, 3.8) is 0 Å². The number of piperidine rings is 1. The molecule has 0 bridgehead atoms. The summed E-state index contributed by atoms with van der Waals surface area (Å²) in [6.45, 7) is 5.97. The van der Waals surface area contributed by atoms with Gasteiger partial charge in [0.2, 0.25) is 5.91 Å². The van der Waals surface area contributed by atoms with Gasteiger partial charge in [-0.2, -0.15) is 5.10 Å². The molecule has 0 radical (unpaired) electrons. The Balaban J connectivity index is 1.85. The van der Waals surface area contributed by atoms with Crippen molar-refractivity contribution in [3.8, 4) is 0 Å². The maximum Gasteiger partial charge on any atom is 0.248 e. The van der Waals surface area contributed by atoms with Gasteiger partial charge in [0.25, 0.3) is 0 Å². The lowest BCUT2D eigenvalue weighted by molar-refractivity contribution is -0.140. The van der Waals surface area contributed by atoms with E-state index in [-0.39, 0.29) is 18.6 Å². The minimum atomic E-state index is 0.0888. The van der Waals surface area contributed by atoms with Crippen LogP contribution in [0.1, 0.15) is 25.7 Å². The van der Waals surface area contributed by atoms with E-state index < -0.39 is 0 Å². The summed E-state index contributed by atoms with van der Waals surface area (Å²) in [6.07, 6.45) is 9.58. The molecule has 2 heterocycles. The van der Waals surface area contributed by atoms with E-state index in [0.717, 1.165) is 32.4 Å². The molecule has 0 unspecified atom stereocenters. The predicted octanol–water partition coefficient (Wildman–Crippen LogP) is 1.86. The van der Waals surface area contributed by atoms with Crippen LogP contribution in [0.15, 0.2) is 31.1 Å². The minimum absolute atomic E-state index is 0.0888. The monoisotopic (exact) mass is 277 g/mol. The Morgan fingerprint density at radius 1 is 1.50 bits per heavy atom. The quantitative estimate of drug-likeness (QED) is 0.564. The third-order valence-electron chi connectivity index (χ3n) is 3.60. The molecule has 1 saturated heterocycles. The second-order valence-electron chi connectivity index (χ2n) is 5.09. The zero-order valence-electron chi connectivity index (χ0n) is 11.9. The highest BCUT2D eigenvalue weighted by Gasteiger charge is 2.26. The second-order valence-corrected chi connectivity index (χ2v) is 5.09. The molecule has 20 heavy (non-hydrogen) atoms. The summed E-state index contributed by atoms with van der Waals surface area (Å²) in [5.74, 6) is 0.0888. The number of carbonyl (C=O) groups is 1. The molecule has 0 saturated carbocycles. The fourth-order valence-corrected chi connectivity index (χ4v) is 2.55. The van der Waals surface area contributed by atoms with Crippen molar-refractivity contribution in [2.45, 2.75) is 38.3 Å². The average Bonchev–Trinajstić information content (AvgIpc) is 2.97. The lowest BCUT2D eigenvalue weighted by atomic mass is 10.0. The molecule has 0 N–H and O–H groups in total. The molecule has 1 aromatic rings. The van der Waals surface area contributed by atoms with E-state index in [2.05, 4.69) is 11.7 Å². The van der Waals surface area contributed by atoms with Crippen LogP contribution in [0.3, 0.4) is 0 Å². The Bertz CT molecular complexity index is 417. The maximum atomic E-state index is 12.2. The predicted molar refractivity (Wildman–Crippen MR) is 77.2 cm³/mol. The smallest absolute Gasteiger partial charge is 0.248 e. The largest absolute Gasteiger partial charge is 0.371 e. The summed E-state index contributed by atoms with van der Waals surface area (Å²) < 4.78 is 7.29. The topological polar surface area (TPSA) is 47.4 Å². The number of hydrogen-bond donors (Lipinski definition) is 0. The molecule has 110 valence electrons. The summed E-state index contributed by atoms with van der Waals surface area (Å²) in [7, 11) is 0. The Morgan fingerprint density at radius 3 is 3.15 bits per heavy atom. The highest BCUT2D eigenvalue weighted by molar-refractivity contribution is 5.77.